The van der Waals surface area contributed by atoms with E-state index in [0.717, 1.165) is 24.9 Å². The Hall–Kier alpha value is -1.77. The molecule has 2 atom stereocenters. The van der Waals surface area contributed by atoms with E-state index in [1.165, 1.54) is 6.42 Å². The maximum Gasteiger partial charge on any atom is 0.415 e. The predicted octanol–water partition coefficient (Wildman–Crippen LogP) is 3.51. The first kappa shape index (κ1) is 11.3. The standard InChI is InChI=1S/C15H17NO2/c17-15-16(12-8-4-3-5-9-12)13-10-6-1-2-7-11-14(13)18-15/h3-6,8-10,13-14H,1-2,7,11H2/b10-6-/t13-,14+/m1/s1. The van der Waals surface area contributed by atoms with Gasteiger partial charge in [0.1, 0.15) is 6.10 Å². The molecule has 0 aromatic heterocycles. The van der Waals surface area contributed by atoms with Crippen LogP contribution in [0.1, 0.15) is 25.7 Å². The van der Waals surface area contributed by atoms with Crippen molar-refractivity contribution < 1.29 is 9.53 Å². The summed E-state index contributed by atoms with van der Waals surface area (Å²) in [6.07, 6.45) is 8.46. The average Bonchev–Trinajstić information content (AvgIpc) is 2.66. The summed E-state index contributed by atoms with van der Waals surface area (Å²) in [7, 11) is 0. The largest absolute Gasteiger partial charge is 0.443 e. The van der Waals surface area contributed by atoms with Crippen molar-refractivity contribution >= 4 is 11.8 Å². The minimum atomic E-state index is -0.220. The van der Waals surface area contributed by atoms with Crippen LogP contribution in [0.3, 0.4) is 0 Å². The lowest BCUT2D eigenvalue weighted by Gasteiger charge is -2.23. The molecule has 1 saturated heterocycles. The Labute approximate surface area is 107 Å². The van der Waals surface area contributed by atoms with E-state index in [1.807, 2.05) is 30.3 Å². The van der Waals surface area contributed by atoms with E-state index in [1.54, 1.807) is 4.90 Å². The van der Waals surface area contributed by atoms with Gasteiger partial charge in [-0.25, -0.2) is 4.79 Å². The molecule has 1 amide bonds. The maximum absolute atomic E-state index is 12.0. The predicted molar refractivity (Wildman–Crippen MR) is 70.6 cm³/mol. The van der Waals surface area contributed by atoms with Gasteiger partial charge in [0.05, 0.1) is 6.04 Å². The number of allylic oxidation sites excluding steroid dienone is 1. The molecule has 0 radical (unpaired) electrons. The molecule has 0 spiro atoms. The molecule has 3 rings (SSSR count). The van der Waals surface area contributed by atoms with Gasteiger partial charge >= 0.3 is 6.09 Å². The first-order chi connectivity index (χ1) is 8.86. The zero-order valence-electron chi connectivity index (χ0n) is 10.3. The van der Waals surface area contributed by atoms with Gasteiger partial charge in [-0.3, -0.25) is 4.90 Å². The molecule has 1 fully saturated rings. The highest BCUT2D eigenvalue weighted by molar-refractivity contribution is 5.91. The van der Waals surface area contributed by atoms with Crippen LogP contribution in [0.15, 0.2) is 42.5 Å². The Balaban J connectivity index is 1.93. The molecule has 0 N–H and O–H groups in total. The van der Waals surface area contributed by atoms with E-state index in [0.29, 0.717) is 0 Å². The van der Waals surface area contributed by atoms with Crippen molar-refractivity contribution in [3.05, 3.63) is 42.5 Å². The molecule has 0 saturated carbocycles. The van der Waals surface area contributed by atoms with Crippen LogP contribution >= 0.6 is 0 Å². The molecule has 18 heavy (non-hydrogen) atoms. The van der Waals surface area contributed by atoms with Crippen LogP contribution in [0.5, 0.6) is 0 Å². The molecule has 0 bridgehead atoms. The SMILES string of the molecule is O=C1O[C@H]2CCCC/C=C\[C@H]2N1c1ccccc1. The van der Waals surface area contributed by atoms with Crippen molar-refractivity contribution in [3.8, 4) is 0 Å². The maximum atomic E-state index is 12.0. The molecule has 1 heterocycles. The topological polar surface area (TPSA) is 29.5 Å². The fraction of sp³-hybridized carbons (Fsp3) is 0.400. The van der Waals surface area contributed by atoms with Crippen molar-refractivity contribution in [1.82, 2.24) is 0 Å². The van der Waals surface area contributed by atoms with Gasteiger partial charge in [-0.05, 0) is 37.8 Å². The Morgan fingerprint density at radius 2 is 2.00 bits per heavy atom. The third-order valence-electron chi connectivity index (χ3n) is 3.61. The number of fused-ring (bicyclic) bond motifs is 1. The van der Waals surface area contributed by atoms with E-state index in [4.69, 9.17) is 4.74 Å². The van der Waals surface area contributed by atoms with E-state index < -0.39 is 0 Å². The lowest BCUT2D eigenvalue weighted by molar-refractivity contribution is 0.128. The lowest BCUT2D eigenvalue weighted by Crippen LogP contribution is -2.35. The number of benzene rings is 1. The van der Waals surface area contributed by atoms with Crippen molar-refractivity contribution in [2.75, 3.05) is 4.90 Å². The van der Waals surface area contributed by atoms with Crippen LogP contribution in [-0.2, 0) is 4.74 Å². The number of nitrogens with zero attached hydrogens (tertiary/aromatic N) is 1. The van der Waals surface area contributed by atoms with Crippen molar-refractivity contribution in [2.45, 2.75) is 37.8 Å². The Kier molecular flexibility index (Phi) is 3.05. The fourth-order valence-corrected chi connectivity index (χ4v) is 2.69. The smallest absolute Gasteiger partial charge is 0.415 e. The Bertz CT molecular complexity index is 455. The molecule has 3 heteroatoms. The molecule has 1 aromatic carbocycles. The van der Waals surface area contributed by atoms with Crippen LogP contribution in [0.2, 0.25) is 0 Å². The van der Waals surface area contributed by atoms with Crippen molar-refractivity contribution in [1.29, 1.82) is 0 Å². The lowest BCUT2D eigenvalue weighted by atomic mass is 9.99. The Morgan fingerprint density at radius 1 is 1.17 bits per heavy atom. The number of carbonyl (C=O) groups excluding carboxylic acids is 1. The van der Waals surface area contributed by atoms with Crippen LogP contribution in [0, 0.1) is 0 Å². The molecular weight excluding hydrogens is 226 g/mol. The van der Waals surface area contributed by atoms with E-state index in [-0.39, 0.29) is 18.2 Å². The molecule has 94 valence electrons. The number of hydrogen-bond acceptors (Lipinski definition) is 2. The second-order valence-corrected chi connectivity index (χ2v) is 4.83. The van der Waals surface area contributed by atoms with Gasteiger partial charge in [0.15, 0.2) is 0 Å². The number of anilines is 1. The monoisotopic (exact) mass is 243 g/mol. The van der Waals surface area contributed by atoms with Crippen LogP contribution in [-0.4, -0.2) is 18.2 Å². The van der Waals surface area contributed by atoms with Gasteiger partial charge in [0.2, 0.25) is 0 Å². The summed E-state index contributed by atoms with van der Waals surface area (Å²) in [5.41, 5.74) is 0.917. The number of ether oxygens (including phenoxy) is 1. The summed E-state index contributed by atoms with van der Waals surface area (Å²) in [4.78, 5) is 13.8. The third-order valence-corrected chi connectivity index (χ3v) is 3.61. The van der Waals surface area contributed by atoms with Gasteiger partial charge in [-0.15, -0.1) is 0 Å². The number of carbonyl (C=O) groups is 1. The van der Waals surface area contributed by atoms with Crippen LogP contribution in [0.25, 0.3) is 0 Å². The van der Waals surface area contributed by atoms with E-state index in [2.05, 4.69) is 12.2 Å². The summed E-state index contributed by atoms with van der Waals surface area (Å²) >= 11 is 0. The summed E-state index contributed by atoms with van der Waals surface area (Å²) in [5.74, 6) is 0. The third kappa shape index (κ3) is 2.01. The molecule has 3 nitrogen and oxygen atoms in total. The van der Waals surface area contributed by atoms with Crippen molar-refractivity contribution in [2.24, 2.45) is 0 Å². The van der Waals surface area contributed by atoms with Gasteiger partial charge in [-0.2, -0.15) is 0 Å². The number of hydrogen-bond donors (Lipinski definition) is 0. The number of para-hydroxylation sites is 1. The van der Waals surface area contributed by atoms with Crippen molar-refractivity contribution in [3.63, 3.8) is 0 Å². The van der Waals surface area contributed by atoms with E-state index >= 15 is 0 Å². The second kappa shape index (κ2) is 4.84. The summed E-state index contributed by atoms with van der Waals surface area (Å²) in [6, 6.07) is 9.81. The second-order valence-electron chi connectivity index (χ2n) is 4.83. The van der Waals surface area contributed by atoms with Gasteiger partial charge in [-0.1, -0.05) is 30.4 Å². The molecular formula is C15H17NO2. The first-order valence-corrected chi connectivity index (χ1v) is 6.58. The summed E-state index contributed by atoms with van der Waals surface area (Å²) < 4.78 is 5.50. The minimum Gasteiger partial charge on any atom is -0.443 e. The van der Waals surface area contributed by atoms with Crippen LogP contribution < -0.4 is 4.90 Å². The van der Waals surface area contributed by atoms with Gasteiger partial charge in [0.25, 0.3) is 0 Å². The molecule has 2 aliphatic rings. The molecule has 1 aliphatic carbocycles. The first-order valence-electron chi connectivity index (χ1n) is 6.58. The van der Waals surface area contributed by atoms with Gasteiger partial charge < -0.3 is 4.74 Å². The van der Waals surface area contributed by atoms with E-state index in [9.17, 15) is 4.79 Å². The molecule has 1 aromatic rings. The molecule has 1 aliphatic heterocycles. The fourth-order valence-electron chi connectivity index (χ4n) is 2.69. The quantitative estimate of drug-likeness (QED) is 0.706. The van der Waals surface area contributed by atoms with Crippen LogP contribution in [0.4, 0.5) is 10.5 Å². The zero-order chi connectivity index (χ0) is 12.4. The highest BCUT2D eigenvalue weighted by Crippen LogP contribution is 2.31. The highest BCUT2D eigenvalue weighted by Gasteiger charge is 2.40. The number of rotatable bonds is 1. The zero-order valence-corrected chi connectivity index (χ0v) is 10.3. The van der Waals surface area contributed by atoms with Gasteiger partial charge in [0, 0.05) is 5.69 Å². The highest BCUT2D eigenvalue weighted by atomic mass is 16.6. The number of amides is 1. The summed E-state index contributed by atoms with van der Waals surface area (Å²) in [6.45, 7) is 0. The molecule has 0 unspecified atom stereocenters. The Morgan fingerprint density at radius 3 is 2.83 bits per heavy atom. The normalized spacial score (nSPS) is 29.1. The average molecular weight is 243 g/mol. The summed E-state index contributed by atoms with van der Waals surface area (Å²) in [5, 5.41) is 0. The minimum absolute atomic E-state index is 0.00857.